The van der Waals surface area contributed by atoms with Crippen LogP contribution >= 0.6 is 0 Å². The number of halogens is 1. The molecule has 0 aliphatic carbocycles. The van der Waals surface area contributed by atoms with E-state index in [2.05, 4.69) is 4.90 Å². The van der Waals surface area contributed by atoms with Gasteiger partial charge in [0.25, 0.3) is 0 Å². The first kappa shape index (κ1) is 18.2. The highest BCUT2D eigenvalue weighted by Crippen LogP contribution is 2.39. The molecule has 2 heterocycles. The van der Waals surface area contributed by atoms with E-state index in [0.717, 1.165) is 18.8 Å². The Morgan fingerprint density at radius 2 is 1.76 bits per heavy atom. The molecule has 0 saturated carbocycles. The average molecular weight is 349 g/mol. The number of phenolic OH excluding ortho intramolecular Hbond substituents is 1. The fourth-order valence-electron chi connectivity index (χ4n) is 2.84. The number of anilines is 1. The van der Waals surface area contributed by atoms with Gasteiger partial charge in [-0.3, -0.25) is 0 Å². The smallest absolute Gasteiger partial charge is 0.507 e. The number of morpholine rings is 1. The molecule has 0 unspecified atom stereocenters. The molecule has 1 N–H and O–H groups in total. The molecule has 1 aromatic rings. The molecule has 3 rings (SSSR count). The Morgan fingerprint density at radius 1 is 1.16 bits per heavy atom. The number of aromatic hydroxyl groups is 1. The Balaban J connectivity index is 1.77. The Morgan fingerprint density at radius 3 is 2.32 bits per heavy atom. The topological polar surface area (TPSA) is 51.2 Å². The van der Waals surface area contributed by atoms with Crippen LogP contribution in [-0.2, 0) is 14.0 Å². The summed E-state index contributed by atoms with van der Waals surface area (Å²) in [7, 11) is -1.07. The number of phenols is 1. The normalized spacial score (nSPS) is 23.2. The first-order chi connectivity index (χ1) is 11.7. The van der Waals surface area contributed by atoms with Crippen LogP contribution in [0.5, 0.6) is 5.75 Å². The highest BCUT2D eigenvalue weighted by molar-refractivity contribution is 6.54. The van der Waals surface area contributed by atoms with E-state index in [1.807, 2.05) is 33.8 Å². The van der Waals surface area contributed by atoms with Gasteiger partial charge in [0.1, 0.15) is 11.5 Å². The van der Waals surface area contributed by atoms with Crippen molar-refractivity contribution in [2.75, 3.05) is 31.2 Å². The first-order valence-electron chi connectivity index (χ1n) is 8.58. The summed E-state index contributed by atoms with van der Waals surface area (Å²) in [6, 6.07) is 5.22. The van der Waals surface area contributed by atoms with Gasteiger partial charge in [-0.2, -0.15) is 0 Å². The molecular formula is C18H25BFNO4. The molecule has 25 heavy (non-hydrogen) atoms. The van der Waals surface area contributed by atoms with Gasteiger partial charge >= 0.3 is 7.12 Å². The van der Waals surface area contributed by atoms with Gasteiger partial charge in [0.05, 0.1) is 24.4 Å². The quantitative estimate of drug-likeness (QED) is 0.850. The van der Waals surface area contributed by atoms with Gasteiger partial charge in [-0.05, 0) is 45.9 Å². The zero-order chi connectivity index (χ0) is 18.2. The lowest BCUT2D eigenvalue weighted by molar-refractivity contribution is 0.00578. The summed E-state index contributed by atoms with van der Waals surface area (Å²) in [6.45, 7) is 10.4. The zero-order valence-electron chi connectivity index (χ0n) is 15.2. The van der Waals surface area contributed by atoms with Crippen LogP contribution in [-0.4, -0.2) is 49.7 Å². The van der Waals surface area contributed by atoms with Crippen molar-refractivity contribution in [3.05, 3.63) is 29.5 Å². The number of rotatable bonds is 3. The summed E-state index contributed by atoms with van der Waals surface area (Å²) >= 11 is 0. The summed E-state index contributed by atoms with van der Waals surface area (Å²) in [4.78, 5) is 2.13. The van der Waals surface area contributed by atoms with E-state index in [-0.39, 0.29) is 5.75 Å². The minimum atomic E-state index is -1.07. The van der Waals surface area contributed by atoms with Gasteiger partial charge in [-0.15, -0.1) is 0 Å². The molecule has 5 nitrogen and oxygen atoms in total. The molecule has 2 fully saturated rings. The van der Waals surface area contributed by atoms with Gasteiger partial charge < -0.3 is 24.1 Å². The van der Waals surface area contributed by atoms with E-state index < -0.39 is 24.0 Å². The highest BCUT2D eigenvalue weighted by Gasteiger charge is 2.53. The lowest BCUT2D eigenvalue weighted by atomic mass is 9.86. The summed E-state index contributed by atoms with van der Waals surface area (Å²) in [5.41, 5.74) is -0.484. The van der Waals surface area contributed by atoms with E-state index in [4.69, 9.17) is 14.0 Å². The van der Waals surface area contributed by atoms with Crippen molar-refractivity contribution < 1.29 is 23.5 Å². The largest absolute Gasteiger partial charge is 0.525 e. The zero-order valence-corrected chi connectivity index (χ0v) is 15.2. The highest BCUT2D eigenvalue weighted by atomic mass is 19.1. The number of hydrogen-bond donors (Lipinski definition) is 1. The maximum atomic E-state index is 14.6. The molecule has 2 saturated heterocycles. The van der Waals surface area contributed by atoms with Crippen molar-refractivity contribution in [2.24, 2.45) is 0 Å². The lowest BCUT2D eigenvalue weighted by Gasteiger charge is -2.32. The molecule has 0 amide bonds. The van der Waals surface area contributed by atoms with E-state index >= 15 is 0 Å². The molecule has 0 radical (unpaired) electrons. The average Bonchev–Trinajstić information content (AvgIpc) is 2.78. The van der Waals surface area contributed by atoms with Gasteiger partial charge in [-0.1, -0.05) is 0 Å². The molecule has 7 heteroatoms. The van der Waals surface area contributed by atoms with Crippen molar-refractivity contribution in [3.8, 4) is 5.75 Å². The Hall–Kier alpha value is -1.57. The Labute approximate surface area is 148 Å². The van der Waals surface area contributed by atoms with E-state index in [1.54, 1.807) is 12.1 Å². The number of hydrogen-bond acceptors (Lipinski definition) is 5. The molecule has 136 valence electrons. The lowest BCUT2D eigenvalue weighted by Crippen LogP contribution is -2.41. The fraction of sp³-hybridized carbons (Fsp3) is 0.556. The van der Waals surface area contributed by atoms with Crippen LogP contribution in [0.15, 0.2) is 23.9 Å². The number of ether oxygens (including phenoxy) is 1. The molecule has 1 aromatic carbocycles. The van der Waals surface area contributed by atoms with Gasteiger partial charge in [-0.25, -0.2) is 4.39 Å². The molecule has 0 bridgehead atoms. The van der Waals surface area contributed by atoms with Crippen LogP contribution in [0.25, 0.3) is 6.08 Å². The Kier molecular flexibility index (Phi) is 4.83. The third-order valence-corrected chi connectivity index (χ3v) is 5.16. The van der Waals surface area contributed by atoms with E-state index in [9.17, 15) is 9.50 Å². The predicted molar refractivity (Wildman–Crippen MR) is 96.3 cm³/mol. The predicted octanol–water partition coefficient (Wildman–Crippen LogP) is 3.17. The van der Waals surface area contributed by atoms with Gasteiger partial charge in [0.2, 0.25) is 0 Å². The maximum absolute atomic E-state index is 14.6. The van der Waals surface area contributed by atoms with Crippen molar-refractivity contribution in [1.29, 1.82) is 0 Å². The second-order valence-electron chi connectivity index (χ2n) is 7.46. The molecule has 0 atom stereocenters. The van der Waals surface area contributed by atoms with Crippen LogP contribution in [0.2, 0.25) is 0 Å². The van der Waals surface area contributed by atoms with Crippen molar-refractivity contribution >= 4 is 18.9 Å². The molecule has 0 spiro atoms. The molecule has 2 aliphatic heterocycles. The third kappa shape index (κ3) is 3.68. The SMILES string of the molecule is CC1(C)OB(C(F)=Cc2ccc(N3CCOCC3)cc2O)OC1(C)C. The van der Waals surface area contributed by atoms with Crippen molar-refractivity contribution in [1.82, 2.24) is 0 Å². The van der Waals surface area contributed by atoms with Crippen LogP contribution in [0.3, 0.4) is 0 Å². The minimum absolute atomic E-state index is 0.0238. The number of nitrogens with zero attached hydrogens (tertiary/aromatic N) is 1. The maximum Gasteiger partial charge on any atom is 0.525 e. The second kappa shape index (κ2) is 6.63. The minimum Gasteiger partial charge on any atom is -0.507 e. The first-order valence-corrected chi connectivity index (χ1v) is 8.58. The molecule has 2 aliphatic rings. The summed E-state index contributed by atoms with van der Waals surface area (Å²) in [5.74, 6) is 0.0238. The number of benzene rings is 1. The van der Waals surface area contributed by atoms with Gasteiger partial charge in [0.15, 0.2) is 0 Å². The van der Waals surface area contributed by atoms with Crippen molar-refractivity contribution in [3.63, 3.8) is 0 Å². The van der Waals surface area contributed by atoms with Crippen molar-refractivity contribution in [2.45, 2.75) is 38.9 Å². The second-order valence-corrected chi connectivity index (χ2v) is 7.46. The summed E-state index contributed by atoms with van der Waals surface area (Å²) in [5, 5.41) is 10.3. The van der Waals surface area contributed by atoms with Crippen LogP contribution < -0.4 is 4.90 Å². The summed E-state index contributed by atoms with van der Waals surface area (Å²) in [6.07, 6.45) is 1.26. The summed E-state index contributed by atoms with van der Waals surface area (Å²) < 4.78 is 31.3. The molecular weight excluding hydrogens is 324 g/mol. The fourth-order valence-corrected chi connectivity index (χ4v) is 2.84. The third-order valence-electron chi connectivity index (χ3n) is 5.16. The standard InChI is InChI=1S/C18H25BFNO4/c1-17(2)18(3,4)25-19(24-17)16(20)11-13-5-6-14(12-15(13)22)21-7-9-23-10-8-21/h5-6,11-12,22H,7-10H2,1-4H3. The van der Waals surface area contributed by atoms with E-state index in [1.165, 1.54) is 6.08 Å². The monoisotopic (exact) mass is 349 g/mol. The van der Waals surface area contributed by atoms with E-state index in [0.29, 0.717) is 18.8 Å². The van der Waals surface area contributed by atoms with Crippen LogP contribution in [0, 0.1) is 0 Å². The van der Waals surface area contributed by atoms with Crippen LogP contribution in [0.4, 0.5) is 10.1 Å². The van der Waals surface area contributed by atoms with Crippen LogP contribution in [0.1, 0.15) is 33.3 Å². The molecule has 0 aromatic heterocycles. The van der Waals surface area contributed by atoms with Gasteiger partial charge in [0, 0.05) is 30.4 Å². The Bertz CT molecular complexity index is 655.